The molecule has 1 heterocycles. The molecule has 0 bridgehead atoms. The van der Waals surface area contributed by atoms with Crippen molar-refractivity contribution in [3.05, 3.63) is 29.8 Å². The Kier molecular flexibility index (Phi) is 4.76. The van der Waals surface area contributed by atoms with Crippen LogP contribution in [0.4, 0.5) is 0 Å². The number of nitrogens with one attached hydrogen (secondary N) is 1. The van der Waals surface area contributed by atoms with Gasteiger partial charge in [0, 0.05) is 19.1 Å². The topological polar surface area (TPSA) is 84.6 Å². The van der Waals surface area contributed by atoms with Crippen LogP contribution in [0.15, 0.2) is 24.3 Å². The van der Waals surface area contributed by atoms with Crippen LogP contribution in [-0.2, 0) is 16.0 Å². The molecule has 19 heavy (non-hydrogen) atoms. The molecule has 1 amide bonds. The summed E-state index contributed by atoms with van der Waals surface area (Å²) in [5.74, 6) is 0.479. The van der Waals surface area contributed by atoms with Crippen molar-refractivity contribution >= 4 is 5.91 Å². The number of phenolic OH excluding ortho intramolecular Hbond substituents is 1. The van der Waals surface area contributed by atoms with Crippen LogP contribution in [0, 0.1) is 5.92 Å². The molecule has 0 aromatic heterocycles. The number of carbonyl (C=O) groups excluding carboxylic acids is 1. The Balaban J connectivity index is 1.76. The number of carbonyl (C=O) groups is 1. The lowest BCUT2D eigenvalue weighted by Crippen LogP contribution is -2.43. The fraction of sp³-hybridized carbons (Fsp3) is 0.500. The second-order valence-corrected chi connectivity index (χ2v) is 4.95. The molecule has 2 atom stereocenters. The summed E-state index contributed by atoms with van der Waals surface area (Å²) in [4.78, 5) is 11.8. The molecule has 0 spiro atoms. The quantitative estimate of drug-likeness (QED) is 0.719. The third kappa shape index (κ3) is 4.22. The van der Waals surface area contributed by atoms with Crippen LogP contribution in [0.3, 0.4) is 0 Å². The molecular formula is C14H20N2O3. The van der Waals surface area contributed by atoms with Crippen molar-refractivity contribution in [1.82, 2.24) is 5.32 Å². The Morgan fingerprint density at radius 1 is 1.47 bits per heavy atom. The number of phenols is 1. The Bertz CT molecular complexity index is 413. The van der Waals surface area contributed by atoms with E-state index in [9.17, 15) is 9.90 Å². The summed E-state index contributed by atoms with van der Waals surface area (Å²) in [6.45, 7) is 2.12. The molecule has 0 aliphatic carbocycles. The van der Waals surface area contributed by atoms with Crippen molar-refractivity contribution in [2.75, 3.05) is 19.8 Å². The van der Waals surface area contributed by atoms with E-state index in [0.717, 1.165) is 18.6 Å². The summed E-state index contributed by atoms with van der Waals surface area (Å²) < 4.78 is 5.25. The Morgan fingerprint density at radius 3 is 2.84 bits per heavy atom. The molecule has 1 aliphatic rings. The summed E-state index contributed by atoms with van der Waals surface area (Å²) in [7, 11) is 0. The molecule has 0 radical (unpaired) electrons. The average Bonchev–Trinajstić information content (AvgIpc) is 2.91. The second-order valence-electron chi connectivity index (χ2n) is 4.95. The smallest absolute Gasteiger partial charge is 0.237 e. The van der Waals surface area contributed by atoms with E-state index in [1.807, 2.05) is 0 Å². The van der Waals surface area contributed by atoms with Crippen molar-refractivity contribution in [3.63, 3.8) is 0 Å². The fourth-order valence-corrected chi connectivity index (χ4v) is 2.10. The second kappa shape index (κ2) is 6.54. The normalized spacial score (nSPS) is 20.2. The number of benzene rings is 1. The highest BCUT2D eigenvalue weighted by Crippen LogP contribution is 2.12. The summed E-state index contributed by atoms with van der Waals surface area (Å²) in [5.41, 5.74) is 6.80. The summed E-state index contributed by atoms with van der Waals surface area (Å²) in [6.07, 6.45) is 1.46. The van der Waals surface area contributed by atoms with Gasteiger partial charge in [0.05, 0.1) is 12.6 Å². The van der Waals surface area contributed by atoms with Crippen LogP contribution in [0.1, 0.15) is 12.0 Å². The van der Waals surface area contributed by atoms with Gasteiger partial charge in [0.15, 0.2) is 0 Å². The summed E-state index contributed by atoms with van der Waals surface area (Å²) in [6, 6.07) is 6.17. The van der Waals surface area contributed by atoms with E-state index in [-0.39, 0.29) is 11.7 Å². The van der Waals surface area contributed by atoms with Crippen molar-refractivity contribution in [2.24, 2.45) is 11.7 Å². The molecule has 1 saturated heterocycles. The fourth-order valence-electron chi connectivity index (χ4n) is 2.10. The predicted octanol–water partition coefficient (Wildman–Crippen LogP) is 0.415. The van der Waals surface area contributed by atoms with Gasteiger partial charge in [-0.05, 0) is 30.5 Å². The Morgan fingerprint density at radius 2 is 2.21 bits per heavy atom. The Hall–Kier alpha value is -1.59. The van der Waals surface area contributed by atoms with E-state index in [2.05, 4.69) is 5.32 Å². The van der Waals surface area contributed by atoms with Crippen molar-refractivity contribution in [1.29, 1.82) is 0 Å². The van der Waals surface area contributed by atoms with E-state index < -0.39 is 6.04 Å². The molecule has 104 valence electrons. The lowest BCUT2D eigenvalue weighted by Gasteiger charge is -2.14. The van der Waals surface area contributed by atoms with E-state index in [1.165, 1.54) is 0 Å². The number of ether oxygens (including phenoxy) is 1. The highest BCUT2D eigenvalue weighted by atomic mass is 16.5. The predicted molar refractivity (Wildman–Crippen MR) is 71.7 cm³/mol. The highest BCUT2D eigenvalue weighted by Gasteiger charge is 2.19. The van der Waals surface area contributed by atoms with Crippen LogP contribution < -0.4 is 11.1 Å². The molecule has 1 aromatic carbocycles. The maximum atomic E-state index is 11.8. The zero-order valence-electron chi connectivity index (χ0n) is 10.8. The summed E-state index contributed by atoms with van der Waals surface area (Å²) >= 11 is 0. The van der Waals surface area contributed by atoms with Crippen LogP contribution in [-0.4, -0.2) is 36.8 Å². The van der Waals surface area contributed by atoms with Crippen LogP contribution in [0.5, 0.6) is 5.75 Å². The first-order chi connectivity index (χ1) is 9.15. The molecule has 4 N–H and O–H groups in total. The van der Waals surface area contributed by atoms with Gasteiger partial charge in [0.25, 0.3) is 0 Å². The Labute approximate surface area is 112 Å². The van der Waals surface area contributed by atoms with E-state index >= 15 is 0 Å². The molecule has 1 aliphatic heterocycles. The minimum atomic E-state index is -0.563. The number of rotatable bonds is 5. The van der Waals surface area contributed by atoms with Gasteiger partial charge < -0.3 is 20.9 Å². The van der Waals surface area contributed by atoms with E-state index in [0.29, 0.717) is 25.5 Å². The maximum Gasteiger partial charge on any atom is 0.237 e. The first-order valence-corrected chi connectivity index (χ1v) is 6.54. The SMILES string of the molecule is N[C@@H](Cc1ccc(O)cc1)C(=O)NCC1CCOC1. The number of hydrogen-bond donors (Lipinski definition) is 3. The zero-order valence-corrected chi connectivity index (χ0v) is 10.8. The van der Waals surface area contributed by atoms with Gasteiger partial charge in [0.1, 0.15) is 5.75 Å². The first kappa shape index (κ1) is 13.8. The van der Waals surface area contributed by atoms with Crippen molar-refractivity contribution in [2.45, 2.75) is 18.9 Å². The molecule has 1 unspecified atom stereocenters. The van der Waals surface area contributed by atoms with Crippen LogP contribution in [0.2, 0.25) is 0 Å². The largest absolute Gasteiger partial charge is 0.508 e. The molecule has 1 aromatic rings. The lowest BCUT2D eigenvalue weighted by atomic mass is 10.1. The lowest BCUT2D eigenvalue weighted by molar-refractivity contribution is -0.122. The van der Waals surface area contributed by atoms with Crippen LogP contribution >= 0.6 is 0 Å². The average molecular weight is 264 g/mol. The van der Waals surface area contributed by atoms with Gasteiger partial charge in [-0.1, -0.05) is 12.1 Å². The van der Waals surface area contributed by atoms with E-state index in [1.54, 1.807) is 24.3 Å². The highest BCUT2D eigenvalue weighted by molar-refractivity contribution is 5.81. The van der Waals surface area contributed by atoms with Gasteiger partial charge in [-0.2, -0.15) is 0 Å². The van der Waals surface area contributed by atoms with Gasteiger partial charge in [-0.25, -0.2) is 0 Å². The van der Waals surface area contributed by atoms with Gasteiger partial charge >= 0.3 is 0 Å². The third-order valence-corrected chi connectivity index (χ3v) is 3.32. The minimum Gasteiger partial charge on any atom is -0.508 e. The first-order valence-electron chi connectivity index (χ1n) is 6.54. The molecule has 1 fully saturated rings. The van der Waals surface area contributed by atoms with Crippen LogP contribution in [0.25, 0.3) is 0 Å². The van der Waals surface area contributed by atoms with Gasteiger partial charge in [0.2, 0.25) is 5.91 Å². The standard InChI is InChI=1S/C14H20N2O3/c15-13(7-10-1-3-12(17)4-2-10)14(18)16-8-11-5-6-19-9-11/h1-4,11,13,17H,5-9,15H2,(H,16,18)/t11?,13-/m0/s1. The van der Waals surface area contributed by atoms with Crippen molar-refractivity contribution in [3.8, 4) is 5.75 Å². The number of nitrogens with two attached hydrogens (primary N) is 1. The zero-order chi connectivity index (χ0) is 13.7. The minimum absolute atomic E-state index is 0.139. The van der Waals surface area contributed by atoms with Gasteiger partial charge in [-0.15, -0.1) is 0 Å². The number of aromatic hydroxyl groups is 1. The monoisotopic (exact) mass is 264 g/mol. The molecule has 5 heteroatoms. The molecule has 5 nitrogen and oxygen atoms in total. The molecule has 0 saturated carbocycles. The van der Waals surface area contributed by atoms with Gasteiger partial charge in [-0.3, -0.25) is 4.79 Å². The number of amides is 1. The summed E-state index contributed by atoms with van der Waals surface area (Å²) in [5, 5.41) is 12.0. The van der Waals surface area contributed by atoms with Crippen molar-refractivity contribution < 1.29 is 14.6 Å². The molecule has 2 rings (SSSR count). The number of hydrogen-bond acceptors (Lipinski definition) is 4. The maximum absolute atomic E-state index is 11.8. The molecular weight excluding hydrogens is 244 g/mol. The van der Waals surface area contributed by atoms with E-state index in [4.69, 9.17) is 10.5 Å². The third-order valence-electron chi connectivity index (χ3n) is 3.32.